The Bertz CT molecular complexity index is 521. The standard InChI is InChI=1S/C16H23N3O2/c1-12(2)11-19(9-4-3-8-17)16(21)14-7-5-6-13(10-18)15(14)20/h5-7,12,20H,3-4,8-9,11,17H2,1-2H3. The molecule has 0 heterocycles. The van der Waals surface area contributed by atoms with Gasteiger partial charge in [-0.3, -0.25) is 4.79 Å². The highest BCUT2D eigenvalue weighted by Gasteiger charge is 2.21. The Morgan fingerprint density at radius 2 is 2.14 bits per heavy atom. The van der Waals surface area contributed by atoms with Crippen LogP contribution >= 0.6 is 0 Å². The molecule has 1 aromatic rings. The molecule has 1 aromatic carbocycles. The predicted octanol–water partition coefficient (Wildman–Crippen LogP) is 2.10. The molecule has 3 N–H and O–H groups in total. The minimum Gasteiger partial charge on any atom is -0.506 e. The van der Waals surface area contributed by atoms with E-state index in [2.05, 4.69) is 0 Å². The number of unbranched alkanes of at least 4 members (excludes halogenated alkanes) is 1. The van der Waals surface area contributed by atoms with Crippen LogP contribution < -0.4 is 5.73 Å². The van der Waals surface area contributed by atoms with Crippen molar-refractivity contribution < 1.29 is 9.90 Å². The zero-order valence-electron chi connectivity index (χ0n) is 12.7. The first-order valence-electron chi connectivity index (χ1n) is 7.22. The van der Waals surface area contributed by atoms with Crippen LogP contribution in [0.4, 0.5) is 0 Å². The Kier molecular flexibility index (Phi) is 6.70. The van der Waals surface area contributed by atoms with Crippen LogP contribution in [0.25, 0.3) is 0 Å². The summed E-state index contributed by atoms with van der Waals surface area (Å²) in [5.74, 6) is -0.152. The van der Waals surface area contributed by atoms with Crippen molar-refractivity contribution >= 4 is 5.91 Å². The second-order valence-corrected chi connectivity index (χ2v) is 5.45. The molecule has 5 heteroatoms. The second kappa shape index (κ2) is 8.28. The molecule has 1 amide bonds. The lowest BCUT2D eigenvalue weighted by Gasteiger charge is -2.25. The number of hydrogen-bond acceptors (Lipinski definition) is 4. The largest absolute Gasteiger partial charge is 0.506 e. The number of phenols is 1. The molecule has 0 aliphatic rings. The summed E-state index contributed by atoms with van der Waals surface area (Å²) in [5.41, 5.74) is 5.79. The van der Waals surface area contributed by atoms with Gasteiger partial charge in [-0.25, -0.2) is 0 Å². The van der Waals surface area contributed by atoms with Crippen molar-refractivity contribution in [1.82, 2.24) is 4.90 Å². The van der Waals surface area contributed by atoms with E-state index in [1.807, 2.05) is 19.9 Å². The van der Waals surface area contributed by atoms with Gasteiger partial charge in [-0.2, -0.15) is 5.26 Å². The van der Waals surface area contributed by atoms with Crippen LogP contribution in [0.15, 0.2) is 18.2 Å². The van der Waals surface area contributed by atoms with Crippen LogP contribution in [0.2, 0.25) is 0 Å². The van der Waals surface area contributed by atoms with Crippen molar-refractivity contribution in [3.63, 3.8) is 0 Å². The fraction of sp³-hybridized carbons (Fsp3) is 0.500. The molecular weight excluding hydrogens is 266 g/mol. The zero-order chi connectivity index (χ0) is 15.8. The maximum atomic E-state index is 12.6. The fourth-order valence-electron chi connectivity index (χ4n) is 2.14. The molecule has 0 aliphatic carbocycles. The molecule has 1 rings (SSSR count). The molecule has 0 saturated heterocycles. The van der Waals surface area contributed by atoms with E-state index < -0.39 is 0 Å². The summed E-state index contributed by atoms with van der Waals surface area (Å²) < 4.78 is 0. The number of para-hydroxylation sites is 1. The molecule has 0 atom stereocenters. The zero-order valence-corrected chi connectivity index (χ0v) is 12.7. The third kappa shape index (κ3) is 4.76. The summed E-state index contributed by atoms with van der Waals surface area (Å²) in [7, 11) is 0. The maximum Gasteiger partial charge on any atom is 0.257 e. The highest BCUT2D eigenvalue weighted by Crippen LogP contribution is 2.23. The van der Waals surface area contributed by atoms with Crippen molar-refractivity contribution in [2.45, 2.75) is 26.7 Å². The number of aromatic hydroxyl groups is 1. The van der Waals surface area contributed by atoms with Gasteiger partial charge in [0.15, 0.2) is 0 Å². The van der Waals surface area contributed by atoms with Crippen molar-refractivity contribution in [3.8, 4) is 11.8 Å². The number of nitrogens with two attached hydrogens (primary N) is 1. The average Bonchev–Trinajstić information content (AvgIpc) is 2.45. The molecule has 0 spiro atoms. The van der Waals surface area contributed by atoms with Gasteiger partial charge in [0.2, 0.25) is 0 Å². The summed E-state index contributed by atoms with van der Waals surface area (Å²) in [6, 6.07) is 6.54. The van der Waals surface area contributed by atoms with E-state index >= 15 is 0 Å². The molecule has 0 aromatic heterocycles. The lowest BCUT2D eigenvalue weighted by molar-refractivity contribution is 0.0730. The molecular formula is C16H23N3O2. The lowest BCUT2D eigenvalue weighted by Crippen LogP contribution is -2.35. The number of carbonyl (C=O) groups excluding carboxylic acids is 1. The van der Waals surface area contributed by atoms with E-state index in [1.165, 1.54) is 6.07 Å². The second-order valence-electron chi connectivity index (χ2n) is 5.45. The molecule has 114 valence electrons. The van der Waals surface area contributed by atoms with Gasteiger partial charge < -0.3 is 15.7 Å². The lowest BCUT2D eigenvalue weighted by atomic mass is 10.1. The summed E-state index contributed by atoms with van der Waals surface area (Å²) in [4.78, 5) is 14.3. The molecule has 0 aliphatic heterocycles. The highest BCUT2D eigenvalue weighted by atomic mass is 16.3. The maximum absolute atomic E-state index is 12.6. The number of nitriles is 1. The van der Waals surface area contributed by atoms with Crippen LogP contribution in [0.1, 0.15) is 42.6 Å². The number of benzene rings is 1. The van der Waals surface area contributed by atoms with Gasteiger partial charge in [0.1, 0.15) is 11.8 Å². The van der Waals surface area contributed by atoms with Crippen LogP contribution in [0, 0.1) is 17.2 Å². The highest BCUT2D eigenvalue weighted by molar-refractivity contribution is 5.97. The first-order chi connectivity index (χ1) is 10.0. The van der Waals surface area contributed by atoms with E-state index in [4.69, 9.17) is 11.0 Å². The van der Waals surface area contributed by atoms with E-state index in [9.17, 15) is 9.90 Å². The van der Waals surface area contributed by atoms with E-state index in [1.54, 1.807) is 17.0 Å². The average molecular weight is 289 g/mol. The molecule has 0 radical (unpaired) electrons. The van der Waals surface area contributed by atoms with Crippen LogP contribution in [0.3, 0.4) is 0 Å². The third-order valence-electron chi connectivity index (χ3n) is 3.14. The first kappa shape index (κ1) is 17.0. The third-order valence-corrected chi connectivity index (χ3v) is 3.14. The summed E-state index contributed by atoms with van der Waals surface area (Å²) in [5, 5.41) is 19.0. The molecule has 0 saturated carbocycles. The smallest absolute Gasteiger partial charge is 0.257 e. The topological polar surface area (TPSA) is 90.4 Å². The van der Waals surface area contributed by atoms with Crippen molar-refractivity contribution in [2.75, 3.05) is 19.6 Å². The normalized spacial score (nSPS) is 10.4. The Labute approximate surface area is 126 Å². The summed E-state index contributed by atoms with van der Waals surface area (Å²) >= 11 is 0. The Morgan fingerprint density at radius 3 is 2.71 bits per heavy atom. The van der Waals surface area contributed by atoms with Gasteiger partial charge in [-0.15, -0.1) is 0 Å². The SMILES string of the molecule is CC(C)CN(CCCCN)C(=O)c1cccc(C#N)c1O. The van der Waals surface area contributed by atoms with Crippen LogP contribution in [0.5, 0.6) is 5.75 Å². The molecule has 0 fully saturated rings. The minimum atomic E-state index is -0.240. The molecule has 0 unspecified atom stereocenters. The summed E-state index contributed by atoms with van der Waals surface area (Å²) in [6.07, 6.45) is 1.68. The van der Waals surface area contributed by atoms with E-state index in [-0.39, 0.29) is 22.8 Å². The van der Waals surface area contributed by atoms with Gasteiger partial charge in [-0.05, 0) is 37.4 Å². The Hall–Kier alpha value is -2.06. The Morgan fingerprint density at radius 1 is 1.43 bits per heavy atom. The van der Waals surface area contributed by atoms with Crippen LogP contribution in [-0.4, -0.2) is 35.5 Å². The molecule has 21 heavy (non-hydrogen) atoms. The molecule has 0 bridgehead atoms. The first-order valence-corrected chi connectivity index (χ1v) is 7.22. The van der Waals surface area contributed by atoms with E-state index in [0.29, 0.717) is 25.6 Å². The number of carbonyl (C=O) groups is 1. The number of amides is 1. The number of hydrogen-bond donors (Lipinski definition) is 2. The van der Waals surface area contributed by atoms with Gasteiger partial charge in [0.25, 0.3) is 5.91 Å². The van der Waals surface area contributed by atoms with Crippen molar-refractivity contribution in [3.05, 3.63) is 29.3 Å². The monoisotopic (exact) mass is 289 g/mol. The van der Waals surface area contributed by atoms with Crippen molar-refractivity contribution in [1.29, 1.82) is 5.26 Å². The van der Waals surface area contributed by atoms with Crippen LogP contribution in [-0.2, 0) is 0 Å². The van der Waals surface area contributed by atoms with Gasteiger partial charge in [0, 0.05) is 13.1 Å². The number of nitrogens with zero attached hydrogens (tertiary/aromatic N) is 2. The minimum absolute atomic E-state index is 0.118. The van der Waals surface area contributed by atoms with Crippen molar-refractivity contribution in [2.24, 2.45) is 11.7 Å². The molecule has 5 nitrogen and oxygen atoms in total. The number of rotatable bonds is 7. The predicted molar refractivity (Wildman–Crippen MR) is 81.9 cm³/mol. The Balaban J connectivity index is 2.96. The van der Waals surface area contributed by atoms with E-state index in [0.717, 1.165) is 12.8 Å². The van der Waals surface area contributed by atoms with Gasteiger partial charge >= 0.3 is 0 Å². The quantitative estimate of drug-likeness (QED) is 0.752. The fourth-order valence-corrected chi connectivity index (χ4v) is 2.14. The van der Waals surface area contributed by atoms with Gasteiger partial charge in [0.05, 0.1) is 11.1 Å². The summed E-state index contributed by atoms with van der Waals surface area (Å²) in [6.45, 7) is 5.88. The number of phenolic OH excluding ortho intramolecular Hbond substituents is 1. The van der Waals surface area contributed by atoms with Gasteiger partial charge in [-0.1, -0.05) is 19.9 Å².